The Bertz CT molecular complexity index is 179. The quantitative estimate of drug-likeness (QED) is 0.242. The van der Waals surface area contributed by atoms with E-state index in [4.69, 9.17) is 10.6 Å². The zero-order chi connectivity index (χ0) is 9.68. The van der Waals surface area contributed by atoms with Crippen LogP contribution in [0.25, 0.3) is 0 Å². The third-order valence-corrected chi connectivity index (χ3v) is 1.80. The fraction of sp³-hybridized carbons (Fsp3) is 0.875. The fourth-order valence-corrected chi connectivity index (χ4v) is 1.03. The highest BCUT2D eigenvalue weighted by molar-refractivity contribution is 5.79. The molecule has 76 valence electrons. The van der Waals surface area contributed by atoms with Gasteiger partial charge in [0.15, 0.2) is 0 Å². The van der Waals surface area contributed by atoms with Crippen molar-refractivity contribution in [2.75, 3.05) is 13.7 Å². The molecule has 0 aromatic carbocycles. The Morgan fingerprint density at radius 3 is 2.85 bits per heavy atom. The summed E-state index contributed by atoms with van der Waals surface area (Å²) in [7, 11) is 1.67. The van der Waals surface area contributed by atoms with Gasteiger partial charge in [-0.2, -0.15) is 0 Å². The Kier molecular flexibility index (Phi) is 3.98. The molecule has 1 saturated carbocycles. The van der Waals surface area contributed by atoms with Crippen LogP contribution < -0.4 is 16.6 Å². The van der Waals surface area contributed by atoms with Crippen LogP contribution >= 0.6 is 0 Å². The summed E-state index contributed by atoms with van der Waals surface area (Å²) < 4.78 is 4.98. The van der Waals surface area contributed by atoms with Gasteiger partial charge in [-0.25, -0.2) is 10.8 Å². The van der Waals surface area contributed by atoms with E-state index in [1.165, 1.54) is 12.8 Å². The Morgan fingerprint density at radius 1 is 1.69 bits per heavy atom. The molecule has 1 aliphatic carbocycles. The molecule has 4 N–H and O–H groups in total. The summed E-state index contributed by atoms with van der Waals surface area (Å²) in [4.78, 5) is 4.34. The highest BCUT2D eigenvalue weighted by atomic mass is 16.5. The number of hydrogen-bond acceptors (Lipinski definition) is 3. The van der Waals surface area contributed by atoms with Crippen molar-refractivity contribution < 1.29 is 4.74 Å². The van der Waals surface area contributed by atoms with Gasteiger partial charge in [0.2, 0.25) is 5.96 Å². The maximum Gasteiger partial charge on any atom is 0.206 e. The Morgan fingerprint density at radius 2 is 2.38 bits per heavy atom. The van der Waals surface area contributed by atoms with Gasteiger partial charge in [-0.1, -0.05) is 0 Å². The molecule has 1 aliphatic rings. The molecule has 13 heavy (non-hydrogen) atoms. The number of ether oxygens (including phenoxy) is 1. The van der Waals surface area contributed by atoms with Crippen molar-refractivity contribution in [3.05, 3.63) is 0 Å². The normalized spacial score (nSPS) is 19.8. The predicted octanol–water partition coefficient (Wildman–Crippen LogP) is -0.407. The Hall–Kier alpha value is -0.810. The van der Waals surface area contributed by atoms with E-state index in [1.807, 2.05) is 6.92 Å². The van der Waals surface area contributed by atoms with Gasteiger partial charge in [0, 0.05) is 13.2 Å². The van der Waals surface area contributed by atoms with E-state index in [1.54, 1.807) is 7.11 Å². The molecule has 0 spiro atoms. The van der Waals surface area contributed by atoms with Crippen LogP contribution in [-0.2, 0) is 4.74 Å². The lowest BCUT2D eigenvalue weighted by atomic mass is 10.4. The molecule has 1 atom stereocenters. The molecule has 1 unspecified atom stereocenters. The van der Waals surface area contributed by atoms with Crippen molar-refractivity contribution in [2.24, 2.45) is 10.8 Å². The van der Waals surface area contributed by atoms with Crippen molar-refractivity contribution in [3.63, 3.8) is 0 Å². The summed E-state index contributed by atoms with van der Waals surface area (Å²) in [5.74, 6) is 5.97. The van der Waals surface area contributed by atoms with E-state index >= 15 is 0 Å². The van der Waals surface area contributed by atoms with E-state index in [9.17, 15) is 0 Å². The Balaban J connectivity index is 2.29. The van der Waals surface area contributed by atoms with Gasteiger partial charge in [-0.3, -0.25) is 5.43 Å². The van der Waals surface area contributed by atoms with Crippen LogP contribution in [-0.4, -0.2) is 31.8 Å². The van der Waals surface area contributed by atoms with Crippen molar-refractivity contribution in [1.82, 2.24) is 10.7 Å². The molecular weight excluding hydrogens is 168 g/mol. The monoisotopic (exact) mass is 186 g/mol. The summed E-state index contributed by atoms with van der Waals surface area (Å²) in [6, 6.07) is 0.687. The van der Waals surface area contributed by atoms with Crippen LogP contribution in [0.4, 0.5) is 0 Å². The molecule has 0 saturated heterocycles. The SMILES string of the molecule is COCC(C)NC(=NC1CC1)NN. The van der Waals surface area contributed by atoms with Crippen LogP contribution in [0.5, 0.6) is 0 Å². The molecule has 1 fully saturated rings. The van der Waals surface area contributed by atoms with Crippen LogP contribution in [0.1, 0.15) is 19.8 Å². The number of methoxy groups -OCH3 is 1. The van der Waals surface area contributed by atoms with E-state index in [2.05, 4.69) is 15.7 Å². The zero-order valence-electron chi connectivity index (χ0n) is 8.21. The van der Waals surface area contributed by atoms with Crippen molar-refractivity contribution in [1.29, 1.82) is 0 Å². The van der Waals surface area contributed by atoms with Crippen molar-refractivity contribution >= 4 is 5.96 Å². The zero-order valence-corrected chi connectivity index (χ0v) is 8.21. The van der Waals surface area contributed by atoms with Gasteiger partial charge in [-0.05, 0) is 19.8 Å². The second-order valence-corrected chi connectivity index (χ2v) is 3.35. The van der Waals surface area contributed by atoms with Gasteiger partial charge in [0.05, 0.1) is 12.6 Å². The van der Waals surface area contributed by atoms with E-state index in [0.29, 0.717) is 18.6 Å². The van der Waals surface area contributed by atoms with E-state index in [-0.39, 0.29) is 6.04 Å². The smallest absolute Gasteiger partial charge is 0.206 e. The van der Waals surface area contributed by atoms with Crippen molar-refractivity contribution in [2.45, 2.75) is 31.8 Å². The number of guanidine groups is 1. The van der Waals surface area contributed by atoms with Gasteiger partial charge in [0.25, 0.3) is 0 Å². The first-order valence-electron chi connectivity index (χ1n) is 4.56. The van der Waals surface area contributed by atoms with Crippen LogP contribution in [0.15, 0.2) is 4.99 Å². The minimum absolute atomic E-state index is 0.221. The Labute approximate surface area is 78.7 Å². The average molecular weight is 186 g/mol. The first-order chi connectivity index (χ1) is 6.26. The molecule has 0 aromatic rings. The number of nitrogens with two attached hydrogens (primary N) is 1. The second-order valence-electron chi connectivity index (χ2n) is 3.35. The maximum atomic E-state index is 5.31. The summed E-state index contributed by atoms with van der Waals surface area (Å²) in [5, 5.41) is 3.13. The van der Waals surface area contributed by atoms with Gasteiger partial charge < -0.3 is 10.1 Å². The minimum Gasteiger partial charge on any atom is -0.383 e. The number of hydrazine groups is 1. The van der Waals surface area contributed by atoms with Crippen LogP contribution in [0, 0.1) is 0 Å². The van der Waals surface area contributed by atoms with Gasteiger partial charge >= 0.3 is 0 Å². The molecule has 0 bridgehead atoms. The van der Waals surface area contributed by atoms with Crippen molar-refractivity contribution in [3.8, 4) is 0 Å². The lowest BCUT2D eigenvalue weighted by Gasteiger charge is -2.15. The first-order valence-corrected chi connectivity index (χ1v) is 4.56. The standard InChI is InChI=1S/C8H18N4O/c1-6(5-13-2)10-8(12-9)11-7-3-4-7/h6-7H,3-5,9H2,1-2H3,(H2,10,11,12). The number of hydrogen-bond donors (Lipinski definition) is 3. The molecule has 0 aromatic heterocycles. The van der Waals surface area contributed by atoms with Crippen LogP contribution in [0.3, 0.4) is 0 Å². The number of nitrogens with zero attached hydrogens (tertiary/aromatic N) is 1. The summed E-state index contributed by atoms with van der Waals surface area (Å²) in [6.45, 7) is 2.66. The third kappa shape index (κ3) is 4.10. The predicted molar refractivity (Wildman–Crippen MR) is 52.3 cm³/mol. The number of rotatable bonds is 4. The topological polar surface area (TPSA) is 71.7 Å². The summed E-state index contributed by atoms with van der Waals surface area (Å²) >= 11 is 0. The summed E-state index contributed by atoms with van der Waals surface area (Å²) in [5.41, 5.74) is 2.55. The van der Waals surface area contributed by atoms with E-state index in [0.717, 1.165) is 0 Å². The molecular formula is C8H18N4O. The minimum atomic E-state index is 0.221. The molecule has 5 heteroatoms. The lowest BCUT2D eigenvalue weighted by Crippen LogP contribution is -2.47. The lowest BCUT2D eigenvalue weighted by molar-refractivity contribution is 0.179. The highest BCUT2D eigenvalue weighted by Crippen LogP contribution is 2.23. The van der Waals surface area contributed by atoms with E-state index < -0.39 is 0 Å². The fourth-order valence-electron chi connectivity index (χ4n) is 1.03. The molecule has 1 rings (SSSR count). The molecule has 5 nitrogen and oxygen atoms in total. The molecule has 0 amide bonds. The maximum absolute atomic E-state index is 5.31. The number of nitrogens with one attached hydrogen (secondary N) is 2. The molecule has 0 heterocycles. The third-order valence-electron chi connectivity index (χ3n) is 1.80. The summed E-state index contributed by atoms with van der Waals surface area (Å²) in [6.07, 6.45) is 2.34. The highest BCUT2D eigenvalue weighted by Gasteiger charge is 2.21. The van der Waals surface area contributed by atoms with Crippen LogP contribution in [0.2, 0.25) is 0 Å². The average Bonchev–Trinajstić information content (AvgIpc) is 2.87. The molecule has 0 aliphatic heterocycles. The number of aliphatic imine (C=N–C) groups is 1. The van der Waals surface area contributed by atoms with Gasteiger partial charge in [0.1, 0.15) is 0 Å². The largest absolute Gasteiger partial charge is 0.383 e. The van der Waals surface area contributed by atoms with Gasteiger partial charge in [-0.15, -0.1) is 0 Å². The first kappa shape index (κ1) is 10.3. The second kappa shape index (κ2) is 5.04. The molecule has 0 radical (unpaired) electrons.